The van der Waals surface area contributed by atoms with Crippen LogP contribution in [0.25, 0.3) is 0 Å². The molecule has 0 radical (unpaired) electrons. The lowest BCUT2D eigenvalue weighted by Gasteiger charge is -2.30. The summed E-state index contributed by atoms with van der Waals surface area (Å²) in [6.45, 7) is 5.68. The van der Waals surface area contributed by atoms with Gasteiger partial charge in [-0.05, 0) is 45.2 Å². The normalized spacial score (nSPS) is 14.3. The Balaban J connectivity index is 2.09. The molecule has 134 valence electrons. The maximum atomic E-state index is 13.3. The van der Waals surface area contributed by atoms with Crippen LogP contribution in [0.2, 0.25) is 0 Å². The summed E-state index contributed by atoms with van der Waals surface area (Å²) >= 11 is 0. The molecule has 25 heavy (non-hydrogen) atoms. The summed E-state index contributed by atoms with van der Waals surface area (Å²) in [6.07, 6.45) is 1.63. The second-order valence-electron chi connectivity index (χ2n) is 6.11. The smallest absolute Gasteiger partial charge is 0.355 e. The number of aryl methyl sites for hydroxylation is 2. The number of hydrogen-bond donors (Lipinski definition) is 1. The number of rotatable bonds is 4. The molecule has 1 aromatic heterocycles. The number of ether oxygens (including phenoxy) is 1. The molecule has 2 aromatic rings. The maximum Gasteiger partial charge on any atom is 0.355 e. The van der Waals surface area contributed by atoms with Gasteiger partial charge in [0.25, 0.3) is 10.0 Å². The van der Waals surface area contributed by atoms with E-state index in [0.29, 0.717) is 23.5 Å². The summed E-state index contributed by atoms with van der Waals surface area (Å²) in [4.78, 5) is 15.1. The van der Waals surface area contributed by atoms with Crippen molar-refractivity contribution >= 4 is 21.7 Å². The lowest BCUT2D eigenvalue weighted by atomic mass is 10.0. The first-order valence-corrected chi connectivity index (χ1v) is 9.78. The second kappa shape index (κ2) is 6.55. The van der Waals surface area contributed by atoms with Crippen LogP contribution in [0.1, 0.15) is 40.7 Å². The van der Waals surface area contributed by atoms with Crippen LogP contribution in [0.15, 0.2) is 29.2 Å². The van der Waals surface area contributed by atoms with Gasteiger partial charge in [0.15, 0.2) is 0 Å². The minimum absolute atomic E-state index is 0.159. The van der Waals surface area contributed by atoms with E-state index in [2.05, 4.69) is 4.98 Å². The highest BCUT2D eigenvalue weighted by Gasteiger charge is 2.34. The van der Waals surface area contributed by atoms with E-state index < -0.39 is 16.0 Å². The molecule has 0 spiro atoms. The predicted octanol–water partition coefficient (Wildman–Crippen LogP) is 2.95. The van der Waals surface area contributed by atoms with Crippen LogP contribution in [0.4, 0.5) is 5.69 Å². The molecule has 1 aliphatic heterocycles. The van der Waals surface area contributed by atoms with Crippen molar-refractivity contribution in [3.8, 4) is 0 Å². The van der Waals surface area contributed by atoms with E-state index in [0.717, 1.165) is 18.4 Å². The number of fused-ring (bicyclic) bond motifs is 1. The summed E-state index contributed by atoms with van der Waals surface area (Å²) < 4.78 is 33.1. The molecule has 0 aliphatic carbocycles. The first-order valence-electron chi connectivity index (χ1n) is 8.34. The molecule has 0 amide bonds. The molecule has 0 unspecified atom stereocenters. The zero-order valence-corrected chi connectivity index (χ0v) is 15.4. The van der Waals surface area contributed by atoms with Crippen LogP contribution in [0.5, 0.6) is 0 Å². The Morgan fingerprint density at radius 2 is 2.00 bits per heavy atom. The highest BCUT2D eigenvalue weighted by atomic mass is 32.2. The Morgan fingerprint density at radius 3 is 2.72 bits per heavy atom. The fraction of sp³-hybridized carbons (Fsp3) is 0.389. The van der Waals surface area contributed by atoms with Crippen molar-refractivity contribution in [2.24, 2.45) is 0 Å². The SMILES string of the molecule is CCOC(=O)c1[nH]c(C)c(S(=O)(=O)N2CCCc3ccccc32)c1C. The van der Waals surface area contributed by atoms with Gasteiger partial charge in [-0.2, -0.15) is 0 Å². The van der Waals surface area contributed by atoms with Crippen molar-refractivity contribution in [1.29, 1.82) is 0 Å². The van der Waals surface area contributed by atoms with E-state index >= 15 is 0 Å². The van der Waals surface area contributed by atoms with Gasteiger partial charge in [0.05, 0.1) is 12.3 Å². The topological polar surface area (TPSA) is 79.5 Å². The molecule has 7 heteroatoms. The first-order chi connectivity index (χ1) is 11.9. The average Bonchev–Trinajstić information content (AvgIpc) is 2.89. The third-order valence-electron chi connectivity index (χ3n) is 4.46. The average molecular weight is 362 g/mol. The second-order valence-corrected chi connectivity index (χ2v) is 7.91. The molecule has 0 saturated carbocycles. The van der Waals surface area contributed by atoms with Crippen LogP contribution in [-0.4, -0.2) is 32.5 Å². The predicted molar refractivity (Wildman–Crippen MR) is 95.5 cm³/mol. The van der Waals surface area contributed by atoms with Crippen LogP contribution in [0, 0.1) is 13.8 Å². The van der Waals surface area contributed by atoms with Gasteiger partial charge in [0, 0.05) is 17.8 Å². The molecule has 0 atom stereocenters. The number of nitrogens with zero attached hydrogens (tertiary/aromatic N) is 1. The number of hydrogen-bond acceptors (Lipinski definition) is 4. The highest BCUT2D eigenvalue weighted by Crippen LogP contribution is 2.34. The van der Waals surface area contributed by atoms with Crippen molar-refractivity contribution in [1.82, 2.24) is 4.98 Å². The quantitative estimate of drug-likeness (QED) is 0.848. The van der Waals surface area contributed by atoms with E-state index in [4.69, 9.17) is 4.74 Å². The van der Waals surface area contributed by atoms with Crippen LogP contribution in [0.3, 0.4) is 0 Å². The zero-order valence-electron chi connectivity index (χ0n) is 14.6. The number of esters is 1. The van der Waals surface area contributed by atoms with Crippen LogP contribution < -0.4 is 4.31 Å². The molecule has 3 rings (SSSR count). The highest BCUT2D eigenvalue weighted by molar-refractivity contribution is 7.93. The Morgan fingerprint density at radius 1 is 1.28 bits per heavy atom. The molecule has 0 fully saturated rings. The summed E-state index contributed by atoms with van der Waals surface area (Å²) in [5.74, 6) is -0.538. The number of para-hydroxylation sites is 1. The van der Waals surface area contributed by atoms with E-state index in [-0.39, 0.29) is 17.2 Å². The van der Waals surface area contributed by atoms with Gasteiger partial charge < -0.3 is 9.72 Å². The minimum Gasteiger partial charge on any atom is -0.461 e. The molecule has 2 heterocycles. The lowest BCUT2D eigenvalue weighted by Crippen LogP contribution is -2.36. The zero-order chi connectivity index (χ0) is 18.2. The van der Waals surface area contributed by atoms with Crippen molar-refractivity contribution in [3.63, 3.8) is 0 Å². The van der Waals surface area contributed by atoms with Gasteiger partial charge in [0.2, 0.25) is 0 Å². The van der Waals surface area contributed by atoms with Crippen LogP contribution in [-0.2, 0) is 21.2 Å². The minimum atomic E-state index is -3.77. The molecule has 1 aromatic carbocycles. The molecule has 0 saturated heterocycles. The molecule has 1 aliphatic rings. The van der Waals surface area contributed by atoms with Gasteiger partial charge in [0.1, 0.15) is 10.6 Å². The van der Waals surface area contributed by atoms with Crippen molar-refractivity contribution in [3.05, 3.63) is 46.8 Å². The Labute approximate surface area is 147 Å². The summed E-state index contributed by atoms with van der Waals surface area (Å²) in [5, 5.41) is 0. The number of nitrogens with one attached hydrogen (secondary N) is 1. The maximum absolute atomic E-state index is 13.3. The third kappa shape index (κ3) is 2.93. The molecule has 1 N–H and O–H groups in total. The Hall–Kier alpha value is -2.28. The molecule has 6 nitrogen and oxygen atoms in total. The monoisotopic (exact) mass is 362 g/mol. The third-order valence-corrected chi connectivity index (χ3v) is 6.55. The Kier molecular flexibility index (Phi) is 4.60. The molecular weight excluding hydrogens is 340 g/mol. The van der Waals surface area contributed by atoms with Gasteiger partial charge in [-0.25, -0.2) is 13.2 Å². The number of carbonyl (C=O) groups is 1. The van der Waals surface area contributed by atoms with Gasteiger partial charge in [-0.3, -0.25) is 4.31 Å². The summed E-state index contributed by atoms with van der Waals surface area (Å²) in [7, 11) is -3.77. The fourth-order valence-electron chi connectivity index (χ4n) is 3.39. The number of anilines is 1. The van der Waals surface area contributed by atoms with E-state index in [9.17, 15) is 13.2 Å². The number of benzene rings is 1. The van der Waals surface area contributed by atoms with Crippen LogP contribution >= 0.6 is 0 Å². The fourth-order valence-corrected chi connectivity index (χ4v) is 5.34. The van der Waals surface area contributed by atoms with Gasteiger partial charge in [-0.15, -0.1) is 0 Å². The van der Waals surface area contributed by atoms with E-state index in [1.54, 1.807) is 20.8 Å². The van der Waals surface area contributed by atoms with E-state index in [1.165, 1.54) is 4.31 Å². The number of aromatic amines is 1. The summed E-state index contributed by atoms with van der Waals surface area (Å²) in [5.41, 5.74) is 2.78. The molecular formula is C18H22N2O4S. The van der Waals surface area contributed by atoms with E-state index in [1.807, 2.05) is 24.3 Å². The van der Waals surface area contributed by atoms with Crippen molar-refractivity contribution in [2.45, 2.75) is 38.5 Å². The van der Waals surface area contributed by atoms with Gasteiger partial charge >= 0.3 is 5.97 Å². The number of sulfonamides is 1. The standard InChI is InChI=1S/C18H22N2O4S/c1-4-24-18(21)16-12(2)17(13(3)19-16)25(22,23)20-11-7-9-14-8-5-6-10-15(14)20/h5-6,8,10,19H,4,7,9,11H2,1-3H3. The lowest BCUT2D eigenvalue weighted by molar-refractivity contribution is 0.0519. The molecule has 0 bridgehead atoms. The largest absolute Gasteiger partial charge is 0.461 e. The number of H-pyrrole nitrogens is 1. The van der Waals surface area contributed by atoms with Crippen molar-refractivity contribution < 1.29 is 17.9 Å². The first kappa shape index (κ1) is 17.5. The van der Waals surface area contributed by atoms with Crippen molar-refractivity contribution in [2.75, 3.05) is 17.5 Å². The summed E-state index contributed by atoms with van der Waals surface area (Å²) in [6, 6.07) is 7.54. The van der Waals surface area contributed by atoms with Gasteiger partial charge in [-0.1, -0.05) is 18.2 Å². The number of aromatic nitrogens is 1. The Bertz CT molecular complexity index is 915. The number of carbonyl (C=O) groups excluding carboxylic acids is 1.